The number of amides is 1. The third-order valence-electron chi connectivity index (χ3n) is 5.76. The summed E-state index contributed by atoms with van der Waals surface area (Å²) in [5.74, 6) is 0.787. The number of rotatable bonds is 4. The van der Waals surface area contributed by atoms with Gasteiger partial charge in [0.1, 0.15) is 0 Å². The van der Waals surface area contributed by atoms with Crippen molar-refractivity contribution in [1.82, 2.24) is 0 Å². The number of nitrogen functional groups attached to an aromatic ring is 1. The van der Waals surface area contributed by atoms with Crippen LogP contribution in [0.3, 0.4) is 0 Å². The minimum atomic E-state index is -0.0428. The van der Waals surface area contributed by atoms with Gasteiger partial charge in [-0.1, -0.05) is 15.9 Å². The average molecular weight is 481 g/mol. The third kappa shape index (κ3) is 3.70. The standard InChI is InChI=1S/C24H21BrN2O2S/c25-17-5-8-20-19(13-17)23-16(12-22(30-23)21(28)11-14-1-2-14)9-10-27(20)24(29)15-3-6-18(26)7-4-15/h3-8,12-14H,1-2,9-11,26H2. The van der Waals surface area contributed by atoms with E-state index in [-0.39, 0.29) is 11.7 Å². The lowest BCUT2D eigenvalue weighted by molar-refractivity contribution is 0.0974. The summed E-state index contributed by atoms with van der Waals surface area (Å²) in [6.07, 6.45) is 3.73. The number of carbonyl (C=O) groups excluding carboxylic acids is 2. The van der Waals surface area contributed by atoms with E-state index in [9.17, 15) is 9.59 Å². The van der Waals surface area contributed by atoms with Crippen LogP contribution in [-0.2, 0) is 6.42 Å². The lowest BCUT2D eigenvalue weighted by Gasteiger charge is -2.23. The van der Waals surface area contributed by atoms with E-state index in [1.54, 1.807) is 35.6 Å². The highest BCUT2D eigenvalue weighted by molar-refractivity contribution is 9.10. The largest absolute Gasteiger partial charge is 0.399 e. The second-order valence-corrected chi connectivity index (χ2v) is 9.99. The summed E-state index contributed by atoms with van der Waals surface area (Å²) >= 11 is 5.14. The number of anilines is 2. The van der Waals surface area contributed by atoms with E-state index in [4.69, 9.17) is 5.73 Å². The zero-order valence-electron chi connectivity index (χ0n) is 16.4. The lowest BCUT2D eigenvalue weighted by Crippen LogP contribution is -2.32. The van der Waals surface area contributed by atoms with Crippen molar-refractivity contribution in [3.05, 3.63) is 69.0 Å². The van der Waals surface area contributed by atoms with Crippen LogP contribution in [0.1, 0.15) is 44.9 Å². The van der Waals surface area contributed by atoms with E-state index in [2.05, 4.69) is 15.9 Å². The first-order valence-electron chi connectivity index (χ1n) is 10.1. The van der Waals surface area contributed by atoms with Gasteiger partial charge in [0, 0.05) is 39.1 Å². The Morgan fingerprint density at radius 2 is 1.87 bits per heavy atom. The first-order valence-corrected chi connectivity index (χ1v) is 11.7. The van der Waals surface area contributed by atoms with Gasteiger partial charge in [-0.3, -0.25) is 9.59 Å². The summed E-state index contributed by atoms with van der Waals surface area (Å²) < 4.78 is 0.952. The van der Waals surface area contributed by atoms with E-state index in [1.165, 1.54) is 12.8 Å². The maximum Gasteiger partial charge on any atom is 0.258 e. The first kappa shape index (κ1) is 19.5. The van der Waals surface area contributed by atoms with E-state index >= 15 is 0 Å². The Morgan fingerprint density at radius 3 is 2.60 bits per heavy atom. The van der Waals surface area contributed by atoms with Gasteiger partial charge in [-0.05, 0) is 79.3 Å². The molecule has 0 radical (unpaired) electrons. The third-order valence-corrected chi connectivity index (χ3v) is 7.50. The molecule has 4 nitrogen and oxygen atoms in total. The topological polar surface area (TPSA) is 63.4 Å². The van der Waals surface area contributed by atoms with Crippen molar-refractivity contribution in [3.8, 4) is 10.4 Å². The number of Topliss-reactive ketones (excluding diaryl/α,β-unsaturated/α-hetero) is 1. The fraction of sp³-hybridized carbons (Fsp3) is 0.250. The Hall–Kier alpha value is -2.44. The molecular weight excluding hydrogens is 460 g/mol. The highest BCUT2D eigenvalue weighted by atomic mass is 79.9. The Kier molecular flexibility index (Phi) is 4.99. The SMILES string of the molecule is Nc1ccc(C(=O)N2CCc3cc(C(=O)CC4CC4)sc3-c3cc(Br)ccc32)cc1. The fourth-order valence-electron chi connectivity index (χ4n) is 3.94. The fourth-order valence-corrected chi connectivity index (χ4v) is 5.48. The van der Waals surface area contributed by atoms with E-state index in [0.29, 0.717) is 30.1 Å². The summed E-state index contributed by atoms with van der Waals surface area (Å²) in [6, 6.07) is 15.1. The number of benzene rings is 2. The maximum absolute atomic E-state index is 13.3. The summed E-state index contributed by atoms with van der Waals surface area (Å²) in [7, 11) is 0. The molecule has 1 aliphatic heterocycles. The predicted molar refractivity (Wildman–Crippen MR) is 125 cm³/mol. The molecule has 152 valence electrons. The number of nitrogens with two attached hydrogens (primary N) is 1. The zero-order valence-corrected chi connectivity index (χ0v) is 18.8. The molecule has 0 spiro atoms. The smallest absolute Gasteiger partial charge is 0.258 e. The highest BCUT2D eigenvalue weighted by Crippen LogP contribution is 2.44. The van der Waals surface area contributed by atoms with E-state index < -0.39 is 0 Å². The molecule has 1 saturated carbocycles. The summed E-state index contributed by atoms with van der Waals surface area (Å²) in [4.78, 5) is 29.8. The number of hydrogen-bond donors (Lipinski definition) is 1. The number of ketones is 1. The first-order chi connectivity index (χ1) is 14.5. The van der Waals surface area contributed by atoms with E-state index in [0.717, 1.165) is 37.5 Å². The molecule has 2 N–H and O–H groups in total. The maximum atomic E-state index is 13.3. The molecule has 6 heteroatoms. The Balaban J connectivity index is 1.54. The Labute approximate surface area is 187 Å². The molecule has 2 aromatic carbocycles. The van der Waals surface area contributed by atoms with Crippen LogP contribution in [0.5, 0.6) is 0 Å². The van der Waals surface area contributed by atoms with Crippen molar-refractivity contribution < 1.29 is 9.59 Å². The number of carbonyl (C=O) groups is 2. The Bertz CT molecular complexity index is 1150. The van der Waals surface area contributed by atoms with Gasteiger partial charge in [0.2, 0.25) is 0 Å². The molecule has 1 amide bonds. The van der Waals surface area contributed by atoms with Gasteiger partial charge in [-0.25, -0.2) is 0 Å². The van der Waals surface area contributed by atoms with Crippen molar-refractivity contribution >= 4 is 50.3 Å². The molecule has 0 saturated heterocycles. The normalized spacial score (nSPS) is 15.3. The quantitative estimate of drug-likeness (QED) is 0.370. The number of nitrogens with zero attached hydrogens (tertiary/aromatic N) is 1. The molecule has 0 unspecified atom stereocenters. The van der Waals surface area contributed by atoms with Crippen LogP contribution in [0, 0.1) is 5.92 Å². The van der Waals surface area contributed by atoms with Crippen LogP contribution in [0.25, 0.3) is 10.4 Å². The second-order valence-electron chi connectivity index (χ2n) is 8.03. The number of thiophene rings is 1. The van der Waals surface area contributed by atoms with Gasteiger partial charge in [0.25, 0.3) is 5.91 Å². The van der Waals surface area contributed by atoms with Crippen LogP contribution in [-0.4, -0.2) is 18.2 Å². The molecule has 1 aromatic heterocycles. The van der Waals surface area contributed by atoms with Crippen molar-refractivity contribution in [2.45, 2.75) is 25.7 Å². The number of halogens is 1. The van der Waals surface area contributed by atoms with Gasteiger partial charge < -0.3 is 10.6 Å². The minimum absolute atomic E-state index is 0.0428. The van der Waals surface area contributed by atoms with Gasteiger partial charge in [-0.15, -0.1) is 11.3 Å². The number of hydrogen-bond acceptors (Lipinski definition) is 4. The van der Waals surface area contributed by atoms with Gasteiger partial charge in [0.05, 0.1) is 10.6 Å². The second kappa shape index (κ2) is 7.67. The van der Waals surface area contributed by atoms with Crippen LogP contribution < -0.4 is 10.6 Å². The summed E-state index contributed by atoms with van der Waals surface area (Å²) in [6.45, 7) is 0.567. The molecular formula is C24H21BrN2O2S. The number of fused-ring (bicyclic) bond motifs is 3. The summed E-state index contributed by atoms with van der Waals surface area (Å²) in [5.41, 5.74) is 10.1. The van der Waals surface area contributed by atoms with Crippen LogP contribution in [0.2, 0.25) is 0 Å². The molecule has 5 rings (SSSR count). The molecule has 1 fully saturated rings. The van der Waals surface area contributed by atoms with Crippen molar-refractivity contribution in [2.24, 2.45) is 5.92 Å². The zero-order chi connectivity index (χ0) is 20.8. The van der Waals surface area contributed by atoms with Gasteiger partial charge >= 0.3 is 0 Å². The van der Waals surface area contributed by atoms with Crippen LogP contribution in [0.4, 0.5) is 11.4 Å². The molecule has 1 aliphatic carbocycles. The van der Waals surface area contributed by atoms with Gasteiger partial charge in [-0.2, -0.15) is 0 Å². The molecule has 2 heterocycles. The molecule has 0 atom stereocenters. The predicted octanol–water partition coefficient (Wildman–Crippen LogP) is 5.95. The molecule has 2 aliphatic rings. The minimum Gasteiger partial charge on any atom is -0.399 e. The van der Waals surface area contributed by atoms with Crippen molar-refractivity contribution in [3.63, 3.8) is 0 Å². The van der Waals surface area contributed by atoms with Crippen molar-refractivity contribution in [2.75, 3.05) is 17.2 Å². The van der Waals surface area contributed by atoms with Crippen molar-refractivity contribution in [1.29, 1.82) is 0 Å². The molecule has 30 heavy (non-hydrogen) atoms. The Morgan fingerprint density at radius 1 is 1.10 bits per heavy atom. The van der Waals surface area contributed by atoms with Gasteiger partial charge in [0.15, 0.2) is 5.78 Å². The highest BCUT2D eigenvalue weighted by Gasteiger charge is 2.30. The molecule has 0 bridgehead atoms. The van der Waals surface area contributed by atoms with E-state index in [1.807, 2.05) is 29.2 Å². The summed E-state index contributed by atoms with van der Waals surface area (Å²) in [5, 5.41) is 0. The van der Waals surface area contributed by atoms with Crippen LogP contribution >= 0.6 is 27.3 Å². The molecule has 3 aromatic rings. The average Bonchev–Trinajstić information content (AvgIpc) is 3.47. The van der Waals surface area contributed by atoms with Crippen LogP contribution in [0.15, 0.2) is 53.0 Å². The lowest BCUT2D eigenvalue weighted by atomic mass is 10.1. The monoisotopic (exact) mass is 480 g/mol.